The van der Waals surface area contributed by atoms with E-state index in [0.717, 1.165) is 16.7 Å². The lowest BCUT2D eigenvalue weighted by molar-refractivity contribution is -0.147. The van der Waals surface area contributed by atoms with E-state index in [1.807, 2.05) is 66.7 Å². The first-order valence-electron chi connectivity index (χ1n) is 14.8. The maximum atomic E-state index is 12.9. The molecule has 0 aliphatic carbocycles. The summed E-state index contributed by atoms with van der Waals surface area (Å²) in [6, 6.07) is 26.2. The third kappa shape index (κ3) is 14.4. The van der Waals surface area contributed by atoms with Crippen LogP contribution in [0.2, 0.25) is 0 Å². The Hall–Kier alpha value is -5.39. The third-order valence-electron chi connectivity index (χ3n) is 5.99. The Morgan fingerprint density at radius 3 is 1.52 bits per heavy atom. The normalized spacial score (nSPS) is 11.3. The van der Waals surface area contributed by atoms with Gasteiger partial charge in [-0.2, -0.15) is 0 Å². The van der Waals surface area contributed by atoms with E-state index in [4.69, 9.17) is 18.9 Å². The summed E-state index contributed by atoms with van der Waals surface area (Å²) in [5.41, 5.74) is 1.56. The summed E-state index contributed by atoms with van der Waals surface area (Å²) in [7, 11) is 0. The van der Waals surface area contributed by atoms with E-state index in [0.29, 0.717) is 0 Å². The SMILES string of the molecule is CC(C)(C)OC(=O)N[C@@H](CCCN=C(NC(=O)OCc1ccccc1)NC(=O)OCc1ccccc1)C(=O)OCc1ccccc1. The standard InChI is InChI=1S/C34H40N4O8/c1-34(2,3)46-33(42)36-28(29(39)43-22-25-14-7-4-8-15-25)20-13-21-35-30(37-31(40)44-23-26-16-9-5-10-17-26)38-32(41)45-24-27-18-11-6-12-19-27/h4-12,14-19,28H,13,20-24H2,1-3H3,(H,36,42)(H2,35,37,38,40,41)/t28-/m0/s1. The van der Waals surface area contributed by atoms with Crippen LogP contribution in [-0.4, -0.2) is 48.4 Å². The van der Waals surface area contributed by atoms with Gasteiger partial charge in [0.15, 0.2) is 0 Å². The van der Waals surface area contributed by atoms with Crippen LogP contribution in [-0.2, 0) is 43.6 Å². The van der Waals surface area contributed by atoms with Crippen LogP contribution in [0, 0.1) is 0 Å². The fourth-order valence-corrected chi connectivity index (χ4v) is 3.84. The molecule has 3 aromatic rings. The molecule has 0 saturated heterocycles. The molecule has 0 aromatic heterocycles. The number of nitrogens with one attached hydrogen (secondary N) is 3. The van der Waals surface area contributed by atoms with Gasteiger partial charge in [-0.25, -0.2) is 19.2 Å². The zero-order chi connectivity index (χ0) is 33.2. The molecule has 244 valence electrons. The number of benzene rings is 3. The molecule has 3 N–H and O–H groups in total. The predicted octanol–water partition coefficient (Wildman–Crippen LogP) is 5.61. The molecule has 12 heteroatoms. The van der Waals surface area contributed by atoms with E-state index < -0.39 is 35.9 Å². The first-order chi connectivity index (χ1) is 22.1. The number of ether oxygens (including phenoxy) is 4. The van der Waals surface area contributed by atoms with Crippen molar-refractivity contribution in [1.82, 2.24) is 16.0 Å². The highest BCUT2D eigenvalue weighted by Crippen LogP contribution is 2.10. The van der Waals surface area contributed by atoms with Crippen LogP contribution in [0.1, 0.15) is 50.3 Å². The Morgan fingerprint density at radius 1 is 0.652 bits per heavy atom. The molecule has 0 saturated carbocycles. The number of esters is 1. The second kappa shape index (κ2) is 18.4. The van der Waals surface area contributed by atoms with Gasteiger partial charge in [-0.15, -0.1) is 0 Å². The fourth-order valence-electron chi connectivity index (χ4n) is 3.84. The van der Waals surface area contributed by atoms with Crippen LogP contribution >= 0.6 is 0 Å². The molecule has 0 aliphatic rings. The molecule has 12 nitrogen and oxygen atoms in total. The number of hydrogen-bond donors (Lipinski definition) is 3. The van der Waals surface area contributed by atoms with Crippen LogP contribution < -0.4 is 16.0 Å². The maximum absolute atomic E-state index is 12.9. The predicted molar refractivity (Wildman–Crippen MR) is 170 cm³/mol. The van der Waals surface area contributed by atoms with Crippen molar-refractivity contribution in [3.8, 4) is 0 Å². The number of aliphatic imine (C=N–C) groups is 1. The van der Waals surface area contributed by atoms with Crippen LogP contribution in [0.5, 0.6) is 0 Å². The van der Waals surface area contributed by atoms with Gasteiger partial charge in [0.2, 0.25) is 5.96 Å². The molecule has 3 amide bonds. The maximum Gasteiger partial charge on any atom is 0.414 e. The lowest BCUT2D eigenvalue weighted by Gasteiger charge is -2.23. The van der Waals surface area contributed by atoms with E-state index in [9.17, 15) is 19.2 Å². The molecular formula is C34H40N4O8. The second-order valence-corrected chi connectivity index (χ2v) is 11.0. The van der Waals surface area contributed by atoms with Gasteiger partial charge < -0.3 is 24.3 Å². The third-order valence-corrected chi connectivity index (χ3v) is 5.99. The van der Waals surface area contributed by atoms with Crippen LogP contribution in [0.25, 0.3) is 0 Å². The minimum atomic E-state index is -1.04. The minimum Gasteiger partial charge on any atom is -0.459 e. The van der Waals surface area contributed by atoms with Gasteiger partial charge in [-0.1, -0.05) is 91.0 Å². The largest absolute Gasteiger partial charge is 0.459 e. The summed E-state index contributed by atoms with van der Waals surface area (Å²) >= 11 is 0. The highest BCUT2D eigenvalue weighted by Gasteiger charge is 2.25. The highest BCUT2D eigenvalue weighted by molar-refractivity contribution is 6.01. The van der Waals surface area contributed by atoms with Crippen molar-refractivity contribution >= 4 is 30.2 Å². The monoisotopic (exact) mass is 632 g/mol. The summed E-state index contributed by atoms with van der Waals surface area (Å²) in [6.07, 6.45) is -2.09. The van der Waals surface area contributed by atoms with E-state index >= 15 is 0 Å². The number of hydrogen-bond acceptors (Lipinski definition) is 9. The molecule has 0 spiro atoms. The summed E-state index contributed by atoms with van der Waals surface area (Å²) in [4.78, 5) is 54.7. The van der Waals surface area contributed by atoms with Crippen LogP contribution in [0.15, 0.2) is 96.0 Å². The quantitative estimate of drug-likeness (QED) is 0.0766. The summed E-state index contributed by atoms with van der Waals surface area (Å²) in [5, 5.41) is 7.40. The Bertz CT molecular complexity index is 1370. The van der Waals surface area contributed by atoms with Crippen molar-refractivity contribution in [2.75, 3.05) is 6.54 Å². The lowest BCUT2D eigenvalue weighted by atomic mass is 10.1. The minimum absolute atomic E-state index is 0.00150. The smallest absolute Gasteiger partial charge is 0.414 e. The zero-order valence-corrected chi connectivity index (χ0v) is 26.2. The van der Waals surface area contributed by atoms with Gasteiger partial charge in [-0.05, 0) is 50.3 Å². The van der Waals surface area contributed by atoms with Crippen LogP contribution in [0.4, 0.5) is 14.4 Å². The van der Waals surface area contributed by atoms with Crippen molar-refractivity contribution in [3.05, 3.63) is 108 Å². The molecule has 3 aromatic carbocycles. The molecule has 46 heavy (non-hydrogen) atoms. The summed E-state index contributed by atoms with van der Waals surface area (Å²) in [5.74, 6) is -0.858. The van der Waals surface area contributed by atoms with E-state index in [-0.39, 0.29) is 45.2 Å². The van der Waals surface area contributed by atoms with Crippen LogP contribution in [0.3, 0.4) is 0 Å². The van der Waals surface area contributed by atoms with Crippen molar-refractivity contribution < 1.29 is 38.1 Å². The fraction of sp³-hybridized carbons (Fsp3) is 0.324. The van der Waals surface area contributed by atoms with Gasteiger partial charge in [-0.3, -0.25) is 15.6 Å². The van der Waals surface area contributed by atoms with Gasteiger partial charge in [0.25, 0.3) is 0 Å². The number of amides is 3. The van der Waals surface area contributed by atoms with E-state index in [2.05, 4.69) is 20.9 Å². The Morgan fingerprint density at radius 2 is 1.09 bits per heavy atom. The molecule has 0 radical (unpaired) electrons. The highest BCUT2D eigenvalue weighted by atomic mass is 16.6. The van der Waals surface area contributed by atoms with Gasteiger partial charge >= 0.3 is 24.2 Å². The molecule has 0 aliphatic heterocycles. The molecular weight excluding hydrogens is 592 g/mol. The average Bonchev–Trinajstić information content (AvgIpc) is 3.03. The zero-order valence-electron chi connectivity index (χ0n) is 26.2. The average molecular weight is 633 g/mol. The van der Waals surface area contributed by atoms with Crippen molar-refractivity contribution in [2.45, 2.75) is 65.1 Å². The van der Waals surface area contributed by atoms with E-state index in [1.54, 1.807) is 45.0 Å². The summed E-state index contributed by atoms with van der Waals surface area (Å²) < 4.78 is 21.2. The molecule has 0 fully saturated rings. The molecule has 0 heterocycles. The Balaban J connectivity index is 1.62. The van der Waals surface area contributed by atoms with Gasteiger partial charge in [0.1, 0.15) is 31.5 Å². The number of carbonyl (C=O) groups excluding carboxylic acids is 4. The summed E-state index contributed by atoms with van der Waals surface area (Å²) in [6.45, 7) is 5.21. The van der Waals surface area contributed by atoms with Gasteiger partial charge in [0.05, 0.1) is 0 Å². The number of guanidine groups is 1. The molecule has 1 atom stereocenters. The Labute approximate surface area is 268 Å². The molecule has 3 rings (SSSR count). The number of alkyl carbamates (subject to hydrolysis) is 3. The topological polar surface area (TPSA) is 154 Å². The second-order valence-electron chi connectivity index (χ2n) is 11.0. The van der Waals surface area contributed by atoms with E-state index in [1.165, 1.54) is 0 Å². The van der Waals surface area contributed by atoms with Crippen molar-refractivity contribution in [2.24, 2.45) is 4.99 Å². The van der Waals surface area contributed by atoms with Crippen molar-refractivity contribution in [1.29, 1.82) is 0 Å². The Kier molecular flexibility index (Phi) is 14.1. The number of rotatable bonds is 12. The number of carbonyl (C=O) groups is 4. The first kappa shape index (κ1) is 35.1. The first-order valence-corrected chi connectivity index (χ1v) is 14.8. The number of nitrogens with zero attached hydrogens (tertiary/aromatic N) is 1. The lowest BCUT2D eigenvalue weighted by Crippen LogP contribution is -2.45. The molecule has 0 unspecified atom stereocenters. The molecule has 0 bridgehead atoms. The van der Waals surface area contributed by atoms with Crippen molar-refractivity contribution in [3.63, 3.8) is 0 Å². The van der Waals surface area contributed by atoms with Gasteiger partial charge in [0, 0.05) is 6.54 Å².